The number of ether oxygens (including phenoxy) is 2. The van der Waals surface area contributed by atoms with Crippen molar-refractivity contribution in [1.82, 2.24) is 0 Å². The summed E-state index contributed by atoms with van der Waals surface area (Å²) in [4.78, 5) is 38.8. The molecule has 0 fully saturated rings. The highest BCUT2D eigenvalue weighted by molar-refractivity contribution is 6.08. The molecule has 6 nitrogen and oxygen atoms in total. The van der Waals surface area contributed by atoms with Gasteiger partial charge in [0.15, 0.2) is 0 Å². The van der Waals surface area contributed by atoms with Crippen molar-refractivity contribution in [3.63, 3.8) is 0 Å². The zero-order valence-corrected chi connectivity index (χ0v) is 20.6. The fourth-order valence-corrected chi connectivity index (χ4v) is 4.39. The van der Waals surface area contributed by atoms with Crippen LogP contribution in [0.1, 0.15) is 68.4 Å². The van der Waals surface area contributed by atoms with Crippen LogP contribution in [0.4, 0.5) is 11.4 Å². The molecule has 3 rings (SSSR count). The van der Waals surface area contributed by atoms with Gasteiger partial charge in [-0.05, 0) is 71.2 Å². The van der Waals surface area contributed by atoms with Gasteiger partial charge in [0.25, 0.3) is 0 Å². The molecule has 1 aliphatic carbocycles. The Morgan fingerprint density at radius 3 is 2.12 bits per heavy atom. The lowest BCUT2D eigenvalue weighted by Gasteiger charge is -2.42. The summed E-state index contributed by atoms with van der Waals surface area (Å²) < 4.78 is 9.81. The smallest absolute Gasteiger partial charge is 0.338 e. The van der Waals surface area contributed by atoms with Gasteiger partial charge >= 0.3 is 11.9 Å². The molecule has 0 spiro atoms. The Hall–Kier alpha value is -3.41. The molecule has 2 aromatic carbocycles. The Balaban J connectivity index is 2.06. The Morgan fingerprint density at radius 2 is 1.53 bits per heavy atom. The molecule has 0 atom stereocenters. The number of carbonyl (C=O) groups excluding carboxylic acids is 3. The van der Waals surface area contributed by atoms with Crippen LogP contribution in [0, 0.1) is 0 Å². The SMILES string of the molecule is C=CCOC(=O)c1ccc(N(C(=O)CC(=O)OC)c2ccc3c(c2)C(C)(C)CCC3(C)C)cc1. The summed E-state index contributed by atoms with van der Waals surface area (Å²) in [5.74, 6) is -1.50. The van der Waals surface area contributed by atoms with Crippen LogP contribution in [0.25, 0.3) is 0 Å². The Morgan fingerprint density at radius 1 is 0.941 bits per heavy atom. The molecule has 0 heterocycles. The standard InChI is InChI=1S/C28H33NO5/c1-7-16-34-26(32)19-8-10-20(11-9-19)29(24(30)18-25(31)33-6)21-12-13-22-23(17-21)28(4,5)15-14-27(22,2)3/h7-13,17H,1,14-16,18H2,2-6H3. The van der Waals surface area contributed by atoms with Crippen molar-refractivity contribution in [3.8, 4) is 0 Å². The lowest BCUT2D eigenvalue weighted by atomic mass is 9.63. The van der Waals surface area contributed by atoms with E-state index in [0.29, 0.717) is 16.9 Å². The van der Waals surface area contributed by atoms with Gasteiger partial charge in [0.2, 0.25) is 5.91 Å². The zero-order valence-electron chi connectivity index (χ0n) is 20.6. The van der Waals surface area contributed by atoms with Crippen LogP contribution >= 0.6 is 0 Å². The normalized spacial score (nSPS) is 15.6. The average Bonchev–Trinajstić information content (AvgIpc) is 2.81. The fourth-order valence-electron chi connectivity index (χ4n) is 4.39. The number of benzene rings is 2. The highest BCUT2D eigenvalue weighted by Gasteiger charge is 2.37. The summed E-state index contributed by atoms with van der Waals surface area (Å²) >= 11 is 0. The number of rotatable bonds is 7. The second-order valence-corrected chi connectivity index (χ2v) is 9.91. The fraction of sp³-hybridized carbons (Fsp3) is 0.393. The van der Waals surface area contributed by atoms with Gasteiger partial charge < -0.3 is 9.47 Å². The number of anilines is 2. The van der Waals surface area contributed by atoms with Crippen LogP contribution in [-0.2, 0) is 29.9 Å². The molecule has 0 saturated carbocycles. The molecule has 0 aliphatic heterocycles. The minimum absolute atomic E-state index is 0.0394. The van der Waals surface area contributed by atoms with E-state index in [-0.39, 0.29) is 17.4 Å². The van der Waals surface area contributed by atoms with E-state index in [0.717, 1.165) is 12.8 Å². The van der Waals surface area contributed by atoms with E-state index in [2.05, 4.69) is 46.4 Å². The molecule has 1 amide bonds. The predicted octanol–water partition coefficient (Wildman–Crippen LogP) is 5.61. The van der Waals surface area contributed by atoms with E-state index >= 15 is 0 Å². The van der Waals surface area contributed by atoms with Gasteiger partial charge in [-0.3, -0.25) is 14.5 Å². The van der Waals surface area contributed by atoms with Crippen molar-refractivity contribution >= 4 is 29.2 Å². The monoisotopic (exact) mass is 463 g/mol. The number of fused-ring (bicyclic) bond motifs is 1. The van der Waals surface area contributed by atoms with E-state index in [1.807, 2.05) is 6.07 Å². The molecule has 180 valence electrons. The molecule has 6 heteroatoms. The molecular weight excluding hydrogens is 430 g/mol. The lowest BCUT2D eigenvalue weighted by molar-refractivity contribution is -0.143. The van der Waals surface area contributed by atoms with E-state index in [1.54, 1.807) is 24.3 Å². The second-order valence-electron chi connectivity index (χ2n) is 9.91. The van der Waals surface area contributed by atoms with Crippen LogP contribution in [0.15, 0.2) is 55.1 Å². The summed E-state index contributed by atoms with van der Waals surface area (Å²) in [5.41, 5.74) is 4.03. The molecule has 0 bridgehead atoms. The van der Waals surface area contributed by atoms with Gasteiger partial charge in [0.1, 0.15) is 13.0 Å². The molecular formula is C28H33NO5. The Kier molecular flexibility index (Phi) is 7.29. The molecule has 0 saturated heterocycles. The van der Waals surface area contributed by atoms with Crippen LogP contribution in [-0.4, -0.2) is 31.6 Å². The van der Waals surface area contributed by atoms with E-state index in [9.17, 15) is 14.4 Å². The number of hydrogen-bond acceptors (Lipinski definition) is 5. The number of carbonyl (C=O) groups is 3. The molecule has 2 aromatic rings. The number of hydrogen-bond donors (Lipinski definition) is 0. The van der Waals surface area contributed by atoms with Crippen molar-refractivity contribution < 1.29 is 23.9 Å². The van der Waals surface area contributed by atoms with Gasteiger partial charge in [0, 0.05) is 11.4 Å². The number of nitrogens with zero attached hydrogens (tertiary/aromatic N) is 1. The summed E-state index contributed by atoms with van der Waals surface area (Å²) in [6.07, 6.45) is 3.22. The van der Waals surface area contributed by atoms with Crippen LogP contribution in [0.2, 0.25) is 0 Å². The van der Waals surface area contributed by atoms with Gasteiger partial charge in [0.05, 0.1) is 12.7 Å². The molecule has 0 aromatic heterocycles. The van der Waals surface area contributed by atoms with Crippen molar-refractivity contribution in [2.45, 2.75) is 57.8 Å². The van der Waals surface area contributed by atoms with E-state index in [4.69, 9.17) is 9.47 Å². The minimum atomic E-state index is -0.612. The first kappa shape index (κ1) is 25.2. The summed E-state index contributed by atoms with van der Waals surface area (Å²) in [7, 11) is 1.26. The maximum absolute atomic E-state index is 13.3. The molecule has 34 heavy (non-hydrogen) atoms. The van der Waals surface area contributed by atoms with Gasteiger partial charge in [-0.1, -0.05) is 46.4 Å². The highest BCUT2D eigenvalue weighted by Crippen LogP contribution is 2.47. The average molecular weight is 464 g/mol. The molecule has 0 radical (unpaired) electrons. The second kappa shape index (κ2) is 9.84. The molecule has 0 unspecified atom stereocenters. The maximum atomic E-state index is 13.3. The Labute approximate surface area is 201 Å². The van der Waals surface area contributed by atoms with Crippen LogP contribution in [0.5, 0.6) is 0 Å². The maximum Gasteiger partial charge on any atom is 0.338 e. The third kappa shape index (κ3) is 5.22. The highest BCUT2D eigenvalue weighted by atomic mass is 16.5. The van der Waals surface area contributed by atoms with Gasteiger partial charge in [-0.25, -0.2) is 4.79 Å². The largest absolute Gasteiger partial charge is 0.469 e. The first-order valence-corrected chi connectivity index (χ1v) is 11.4. The topological polar surface area (TPSA) is 72.9 Å². The van der Waals surface area contributed by atoms with E-state index < -0.39 is 24.3 Å². The van der Waals surface area contributed by atoms with Crippen LogP contribution in [0.3, 0.4) is 0 Å². The number of methoxy groups -OCH3 is 1. The van der Waals surface area contributed by atoms with Gasteiger partial charge in [-0.15, -0.1) is 0 Å². The van der Waals surface area contributed by atoms with Crippen molar-refractivity contribution in [3.05, 3.63) is 71.8 Å². The third-order valence-corrected chi connectivity index (χ3v) is 6.56. The first-order chi connectivity index (χ1) is 16.0. The van der Waals surface area contributed by atoms with Crippen molar-refractivity contribution in [2.24, 2.45) is 0 Å². The summed E-state index contributed by atoms with van der Waals surface area (Å²) in [6.45, 7) is 12.6. The lowest BCUT2D eigenvalue weighted by Crippen LogP contribution is -2.35. The quantitative estimate of drug-likeness (QED) is 0.303. The predicted molar refractivity (Wildman–Crippen MR) is 132 cm³/mol. The van der Waals surface area contributed by atoms with Crippen LogP contribution < -0.4 is 4.90 Å². The summed E-state index contributed by atoms with van der Waals surface area (Å²) in [6, 6.07) is 12.6. The number of amides is 1. The number of esters is 2. The van der Waals surface area contributed by atoms with Crippen molar-refractivity contribution in [1.29, 1.82) is 0 Å². The van der Waals surface area contributed by atoms with E-state index in [1.165, 1.54) is 29.2 Å². The molecule has 0 N–H and O–H groups in total. The third-order valence-electron chi connectivity index (χ3n) is 6.56. The summed E-state index contributed by atoms with van der Waals surface area (Å²) in [5, 5.41) is 0. The van der Waals surface area contributed by atoms with Gasteiger partial charge in [-0.2, -0.15) is 0 Å². The zero-order chi connectivity index (χ0) is 25.1. The first-order valence-electron chi connectivity index (χ1n) is 11.4. The molecule has 1 aliphatic rings. The Bertz CT molecular complexity index is 1100. The minimum Gasteiger partial charge on any atom is -0.469 e. The van der Waals surface area contributed by atoms with Crippen molar-refractivity contribution in [2.75, 3.05) is 18.6 Å².